The highest BCUT2D eigenvalue weighted by molar-refractivity contribution is 6.29. The summed E-state index contributed by atoms with van der Waals surface area (Å²) in [4.78, 5) is 26.0. The molecule has 1 aliphatic rings. The van der Waals surface area contributed by atoms with Crippen LogP contribution in [-0.4, -0.2) is 19.7 Å². The molecular formula is C11H11ClN4O2. The SMILES string of the molecule is C[C@@H](C1CC1)n1c(=O)c(=O)[nH]c2nnc(Cl)cc21. The van der Waals surface area contributed by atoms with Crippen molar-refractivity contribution < 1.29 is 0 Å². The van der Waals surface area contributed by atoms with Crippen molar-refractivity contribution in [2.75, 3.05) is 0 Å². The molecule has 0 amide bonds. The van der Waals surface area contributed by atoms with Crippen LogP contribution in [0.15, 0.2) is 15.7 Å². The van der Waals surface area contributed by atoms with E-state index in [0.717, 1.165) is 12.8 Å². The van der Waals surface area contributed by atoms with Gasteiger partial charge in [-0.2, -0.15) is 0 Å². The number of hydrogen-bond acceptors (Lipinski definition) is 4. The van der Waals surface area contributed by atoms with Crippen LogP contribution in [-0.2, 0) is 0 Å². The Bertz CT molecular complexity index is 732. The summed E-state index contributed by atoms with van der Waals surface area (Å²) in [6.45, 7) is 1.94. The Morgan fingerprint density at radius 3 is 2.83 bits per heavy atom. The maximum absolute atomic E-state index is 12.0. The smallest absolute Gasteiger partial charge is 0.299 e. The predicted molar refractivity (Wildman–Crippen MR) is 66.9 cm³/mol. The summed E-state index contributed by atoms with van der Waals surface area (Å²) < 4.78 is 1.48. The van der Waals surface area contributed by atoms with Crippen LogP contribution in [0.5, 0.6) is 0 Å². The van der Waals surface area contributed by atoms with Gasteiger partial charge in [-0.05, 0) is 25.7 Å². The van der Waals surface area contributed by atoms with Gasteiger partial charge in [0.15, 0.2) is 10.8 Å². The second kappa shape index (κ2) is 3.91. The van der Waals surface area contributed by atoms with Crippen molar-refractivity contribution in [2.24, 2.45) is 5.92 Å². The highest BCUT2D eigenvalue weighted by Gasteiger charge is 2.31. The summed E-state index contributed by atoms with van der Waals surface area (Å²) >= 11 is 5.80. The molecule has 2 aromatic rings. The van der Waals surface area contributed by atoms with Gasteiger partial charge in [0.2, 0.25) is 0 Å². The van der Waals surface area contributed by atoms with E-state index in [0.29, 0.717) is 11.4 Å². The minimum Gasteiger partial charge on any atom is -0.299 e. The number of fused-ring (bicyclic) bond motifs is 1. The van der Waals surface area contributed by atoms with Gasteiger partial charge in [0.1, 0.15) is 0 Å². The maximum atomic E-state index is 12.0. The van der Waals surface area contributed by atoms with Crippen LogP contribution in [0, 0.1) is 5.92 Å². The first kappa shape index (κ1) is 11.4. The maximum Gasteiger partial charge on any atom is 0.317 e. The lowest BCUT2D eigenvalue weighted by atomic mass is 10.2. The van der Waals surface area contributed by atoms with Crippen LogP contribution < -0.4 is 11.1 Å². The van der Waals surface area contributed by atoms with Crippen molar-refractivity contribution in [2.45, 2.75) is 25.8 Å². The average Bonchev–Trinajstić information content (AvgIpc) is 3.15. The molecule has 1 aliphatic carbocycles. The fourth-order valence-electron chi connectivity index (χ4n) is 2.21. The molecule has 0 unspecified atom stereocenters. The van der Waals surface area contributed by atoms with Gasteiger partial charge in [-0.1, -0.05) is 11.6 Å². The second-order valence-corrected chi connectivity index (χ2v) is 5.00. The largest absolute Gasteiger partial charge is 0.317 e. The highest BCUT2D eigenvalue weighted by atomic mass is 35.5. The lowest BCUT2D eigenvalue weighted by molar-refractivity contribution is 0.482. The number of nitrogens with zero attached hydrogens (tertiary/aromatic N) is 3. The molecule has 0 bridgehead atoms. The Morgan fingerprint density at radius 2 is 2.17 bits per heavy atom. The minimum absolute atomic E-state index is 0.0254. The normalized spacial score (nSPS) is 17.0. The van der Waals surface area contributed by atoms with E-state index >= 15 is 0 Å². The first-order valence-corrected chi connectivity index (χ1v) is 6.13. The quantitative estimate of drug-likeness (QED) is 0.826. The lowest BCUT2D eigenvalue weighted by Crippen LogP contribution is -2.38. The zero-order chi connectivity index (χ0) is 12.9. The Kier molecular flexibility index (Phi) is 2.48. The summed E-state index contributed by atoms with van der Waals surface area (Å²) in [5, 5.41) is 7.68. The molecule has 6 nitrogen and oxygen atoms in total. The van der Waals surface area contributed by atoms with Crippen LogP contribution >= 0.6 is 11.6 Å². The third-order valence-electron chi connectivity index (χ3n) is 3.36. The zero-order valence-corrected chi connectivity index (χ0v) is 10.4. The summed E-state index contributed by atoms with van der Waals surface area (Å²) in [6.07, 6.45) is 2.16. The number of hydrogen-bond donors (Lipinski definition) is 1. The van der Waals surface area contributed by atoms with Gasteiger partial charge < -0.3 is 0 Å². The van der Waals surface area contributed by atoms with Gasteiger partial charge in [0.05, 0.1) is 5.52 Å². The molecule has 2 aromatic heterocycles. The molecule has 0 spiro atoms. The Morgan fingerprint density at radius 1 is 1.44 bits per heavy atom. The summed E-state index contributed by atoms with van der Waals surface area (Å²) in [5.74, 6) is 0.444. The fourth-order valence-corrected chi connectivity index (χ4v) is 2.35. The molecule has 1 atom stereocenters. The minimum atomic E-state index is -0.674. The van der Waals surface area contributed by atoms with Crippen molar-refractivity contribution in [3.63, 3.8) is 0 Å². The standard InChI is InChI=1S/C11H11ClN4O2/c1-5(6-2-3-6)16-7-4-8(12)14-15-9(7)13-10(17)11(16)18/h4-6H,2-3H2,1H3,(H,13,15,17)/t5-/m0/s1. The van der Waals surface area contributed by atoms with Gasteiger partial charge in [-0.25, -0.2) is 0 Å². The molecular weight excluding hydrogens is 256 g/mol. The molecule has 94 valence electrons. The third kappa shape index (κ3) is 1.73. The molecule has 18 heavy (non-hydrogen) atoms. The molecule has 0 saturated heterocycles. The summed E-state index contributed by atoms with van der Waals surface area (Å²) in [7, 11) is 0. The Hall–Kier alpha value is -1.69. The van der Waals surface area contributed by atoms with E-state index in [1.807, 2.05) is 6.92 Å². The van der Waals surface area contributed by atoms with Crippen molar-refractivity contribution >= 4 is 22.8 Å². The summed E-state index contributed by atoms with van der Waals surface area (Å²) in [5.41, 5.74) is -0.423. The fraction of sp³-hybridized carbons (Fsp3) is 0.455. The van der Waals surface area contributed by atoms with E-state index in [1.165, 1.54) is 4.57 Å². The molecule has 3 rings (SSSR count). The van der Waals surface area contributed by atoms with Crippen molar-refractivity contribution in [1.82, 2.24) is 19.7 Å². The van der Waals surface area contributed by atoms with E-state index in [9.17, 15) is 9.59 Å². The van der Waals surface area contributed by atoms with Crippen LogP contribution in [0.3, 0.4) is 0 Å². The molecule has 0 aromatic carbocycles. The van der Waals surface area contributed by atoms with E-state index in [-0.39, 0.29) is 16.8 Å². The molecule has 1 saturated carbocycles. The van der Waals surface area contributed by atoms with Crippen LogP contribution in [0.2, 0.25) is 5.15 Å². The predicted octanol–water partition coefficient (Wildman–Crippen LogP) is 1.10. The monoisotopic (exact) mass is 266 g/mol. The molecule has 0 aliphatic heterocycles. The van der Waals surface area contributed by atoms with Gasteiger partial charge >= 0.3 is 11.1 Å². The number of H-pyrrole nitrogens is 1. The van der Waals surface area contributed by atoms with Crippen LogP contribution in [0.1, 0.15) is 25.8 Å². The molecule has 1 N–H and O–H groups in total. The first-order chi connectivity index (χ1) is 8.58. The van der Waals surface area contributed by atoms with Gasteiger partial charge in [0.25, 0.3) is 0 Å². The van der Waals surface area contributed by atoms with Crippen molar-refractivity contribution in [1.29, 1.82) is 0 Å². The average molecular weight is 267 g/mol. The number of nitrogens with one attached hydrogen (secondary N) is 1. The van der Waals surface area contributed by atoms with Crippen LogP contribution in [0.25, 0.3) is 11.2 Å². The van der Waals surface area contributed by atoms with Gasteiger partial charge in [-0.15, -0.1) is 10.2 Å². The highest BCUT2D eigenvalue weighted by Crippen LogP contribution is 2.39. The molecule has 1 fully saturated rings. The Labute approximate surface area is 107 Å². The molecule has 0 radical (unpaired) electrons. The number of aromatic nitrogens is 4. The van der Waals surface area contributed by atoms with E-state index in [2.05, 4.69) is 15.2 Å². The Balaban J connectivity index is 2.38. The van der Waals surface area contributed by atoms with Gasteiger partial charge in [-0.3, -0.25) is 19.1 Å². The first-order valence-electron chi connectivity index (χ1n) is 5.75. The summed E-state index contributed by atoms with van der Waals surface area (Å²) in [6, 6.07) is 1.53. The van der Waals surface area contributed by atoms with Crippen molar-refractivity contribution in [3.05, 3.63) is 31.9 Å². The molecule has 2 heterocycles. The third-order valence-corrected chi connectivity index (χ3v) is 3.54. The zero-order valence-electron chi connectivity index (χ0n) is 9.68. The lowest BCUT2D eigenvalue weighted by Gasteiger charge is -2.15. The van der Waals surface area contributed by atoms with E-state index in [4.69, 9.17) is 11.6 Å². The number of halogens is 1. The van der Waals surface area contributed by atoms with E-state index < -0.39 is 11.1 Å². The number of aromatic amines is 1. The van der Waals surface area contributed by atoms with E-state index in [1.54, 1.807) is 6.07 Å². The topological polar surface area (TPSA) is 80.6 Å². The molecule has 7 heteroatoms. The van der Waals surface area contributed by atoms with Crippen LogP contribution in [0.4, 0.5) is 0 Å². The van der Waals surface area contributed by atoms with Gasteiger partial charge in [0, 0.05) is 12.1 Å². The van der Waals surface area contributed by atoms with Crippen molar-refractivity contribution in [3.8, 4) is 0 Å². The second-order valence-electron chi connectivity index (χ2n) is 4.61. The number of rotatable bonds is 2.